The molecular formula is C13H18Cl2N2. The van der Waals surface area contributed by atoms with Crippen LogP contribution in [0.1, 0.15) is 26.7 Å². The maximum atomic E-state index is 6.08. The molecule has 1 aromatic carbocycles. The van der Waals surface area contributed by atoms with Crippen LogP contribution in [-0.4, -0.2) is 12.6 Å². The third kappa shape index (κ3) is 2.48. The standard InChI is InChI=1S/C13H18Cl2N2/c1-8(2)12-4-3-5-17(12)13-7-10(15)9(14)6-11(13)16/h6-8,12H,3-5,16H2,1-2H3. The van der Waals surface area contributed by atoms with E-state index in [1.54, 1.807) is 6.07 Å². The van der Waals surface area contributed by atoms with Crippen molar-refractivity contribution < 1.29 is 0 Å². The van der Waals surface area contributed by atoms with Crippen LogP contribution in [0.15, 0.2) is 12.1 Å². The Morgan fingerprint density at radius 2 is 1.94 bits per heavy atom. The molecule has 0 amide bonds. The fraction of sp³-hybridized carbons (Fsp3) is 0.538. The first-order valence-electron chi connectivity index (χ1n) is 6.02. The molecule has 1 fully saturated rings. The van der Waals surface area contributed by atoms with Crippen LogP contribution in [0, 0.1) is 5.92 Å². The van der Waals surface area contributed by atoms with Crippen LogP contribution in [0.5, 0.6) is 0 Å². The van der Waals surface area contributed by atoms with Gasteiger partial charge in [-0.05, 0) is 30.9 Å². The smallest absolute Gasteiger partial charge is 0.0618 e. The van der Waals surface area contributed by atoms with Crippen LogP contribution in [-0.2, 0) is 0 Å². The van der Waals surface area contributed by atoms with E-state index in [2.05, 4.69) is 18.7 Å². The number of nitrogen functional groups attached to an aromatic ring is 1. The molecule has 2 N–H and O–H groups in total. The average molecular weight is 273 g/mol. The predicted octanol–water partition coefficient (Wildman–Crippen LogP) is 4.20. The van der Waals surface area contributed by atoms with Gasteiger partial charge in [-0.1, -0.05) is 37.0 Å². The van der Waals surface area contributed by atoms with Gasteiger partial charge in [0, 0.05) is 12.6 Å². The fourth-order valence-corrected chi connectivity index (χ4v) is 2.92. The molecule has 0 aromatic heterocycles. The molecule has 94 valence electrons. The lowest BCUT2D eigenvalue weighted by atomic mass is 10.0. The van der Waals surface area contributed by atoms with Gasteiger partial charge in [0.15, 0.2) is 0 Å². The Bertz CT molecular complexity index is 418. The van der Waals surface area contributed by atoms with Gasteiger partial charge >= 0.3 is 0 Å². The van der Waals surface area contributed by atoms with Gasteiger partial charge in [-0.3, -0.25) is 0 Å². The maximum Gasteiger partial charge on any atom is 0.0618 e. The lowest BCUT2D eigenvalue weighted by Crippen LogP contribution is -2.33. The number of halogens is 2. The first-order valence-corrected chi connectivity index (χ1v) is 6.77. The van der Waals surface area contributed by atoms with Crippen LogP contribution in [0.3, 0.4) is 0 Å². The average Bonchev–Trinajstić information content (AvgIpc) is 2.72. The lowest BCUT2D eigenvalue weighted by Gasteiger charge is -2.31. The Kier molecular flexibility index (Phi) is 3.74. The normalized spacial score (nSPS) is 20.3. The molecule has 0 bridgehead atoms. The van der Waals surface area contributed by atoms with Gasteiger partial charge in [-0.2, -0.15) is 0 Å². The van der Waals surface area contributed by atoms with Gasteiger partial charge in [0.05, 0.1) is 21.4 Å². The van der Waals surface area contributed by atoms with Gasteiger partial charge in [0.2, 0.25) is 0 Å². The third-order valence-electron chi connectivity index (χ3n) is 3.45. The molecule has 1 saturated heterocycles. The van der Waals surface area contributed by atoms with Gasteiger partial charge in [0.1, 0.15) is 0 Å². The molecule has 2 rings (SSSR count). The van der Waals surface area contributed by atoms with Crippen molar-refractivity contribution in [2.75, 3.05) is 17.2 Å². The van der Waals surface area contributed by atoms with Crippen molar-refractivity contribution in [3.63, 3.8) is 0 Å². The molecule has 1 aliphatic heterocycles. The highest BCUT2D eigenvalue weighted by Crippen LogP contribution is 2.37. The molecule has 1 aromatic rings. The summed E-state index contributed by atoms with van der Waals surface area (Å²) in [6.45, 7) is 5.54. The van der Waals surface area contributed by atoms with E-state index in [0.717, 1.165) is 12.2 Å². The summed E-state index contributed by atoms with van der Waals surface area (Å²) in [5, 5.41) is 1.10. The first kappa shape index (κ1) is 12.8. The molecule has 17 heavy (non-hydrogen) atoms. The minimum absolute atomic E-state index is 0.521. The molecule has 2 nitrogen and oxygen atoms in total. The van der Waals surface area contributed by atoms with E-state index in [0.29, 0.717) is 27.7 Å². The van der Waals surface area contributed by atoms with E-state index in [9.17, 15) is 0 Å². The summed E-state index contributed by atoms with van der Waals surface area (Å²) in [6, 6.07) is 4.18. The summed E-state index contributed by atoms with van der Waals surface area (Å²) in [5.74, 6) is 0.617. The zero-order chi connectivity index (χ0) is 12.6. The van der Waals surface area contributed by atoms with Crippen molar-refractivity contribution in [3.05, 3.63) is 22.2 Å². The van der Waals surface area contributed by atoms with Gasteiger partial charge in [-0.15, -0.1) is 0 Å². The van der Waals surface area contributed by atoms with Crippen LogP contribution >= 0.6 is 23.2 Å². The van der Waals surface area contributed by atoms with Crippen LogP contribution in [0.2, 0.25) is 10.0 Å². The highest BCUT2D eigenvalue weighted by atomic mass is 35.5. The quantitative estimate of drug-likeness (QED) is 0.818. The van der Waals surface area contributed by atoms with E-state index >= 15 is 0 Å². The maximum absolute atomic E-state index is 6.08. The Hall–Kier alpha value is -0.600. The summed E-state index contributed by atoms with van der Waals surface area (Å²) in [6.07, 6.45) is 2.43. The highest BCUT2D eigenvalue weighted by molar-refractivity contribution is 6.42. The molecule has 1 atom stereocenters. The van der Waals surface area contributed by atoms with Crippen molar-refractivity contribution in [1.29, 1.82) is 0 Å². The van der Waals surface area contributed by atoms with E-state index in [1.165, 1.54) is 12.8 Å². The summed E-state index contributed by atoms with van der Waals surface area (Å²) in [5.41, 5.74) is 7.79. The zero-order valence-electron chi connectivity index (χ0n) is 10.2. The number of benzene rings is 1. The Morgan fingerprint density at radius 1 is 1.29 bits per heavy atom. The van der Waals surface area contributed by atoms with E-state index in [4.69, 9.17) is 28.9 Å². The monoisotopic (exact) mass is 272 g/mol. The summed E-state index contributed by atoms with van der Waals surface area (Å²) < 4.78 is 0. The van der Waals surface area contributed by atoms with Crippen LogP contribution in [0.25, 0.3) is 0 Å². The van der Waals surface area contributed by atoms with E-state index in [-0.39, 0.29) is 0 Å². The minimum atomic E-state index is 0.521. The molecule has 0 aliphatic carbocycles. The largest absolute Gasteiger partial charge is 0.397 e. The second-order valence-corrected chi connectivity index (χ2v) is 5.79. The summed E-state index contributed by atoms with van der Waals surface area (Å²) in [4.78, 5) is 2.36. The molecule has 0 saturated carbocycles. The van der Waals surface area contributed by atoms with Gasteiger partial charge < -0.3 is 10.6 Å². The number of rotatable bonds is 2. The number of nitrogens with zero attached hydrogens (tertiary/aromatic N) is 1. The molecular weight excluding hydrogens is 255 g/mol. The van der Waals surface area contributed by atoms with E-state index < -0.39 is 0 Å². The fourth-order valence-electron chi connectivity index (χ4n) is 2.59. The molecule has 0 radical (unpaired) electrons. The number of anilines is 2. The van der Waals surface area contributed by atoms with Gasteiger partial charge in [-0.25, -0.2) is 0 Å². The van der Waals surface area contributed by atoms with Crippen molar-refractivity contribution in [1.82, 2.24) is 0 Å². The number of hydrogen-bond donors (Lipinski definition) is 1. The van der Waals surface area contributed by atoms with Crippen molar-refractivity contribution in [2.24, 2.45) is 5.92 Å². The molecule has 1 aliphatic rings. The minimum Gasteiger partial charge on any atom is -0.397 e. The predicted molar refractivity (Wildman–Crippen MR) is 76.1 cm³/mol. The molecule has 1 heterocycles. The Balaban J connectivity index is 2.36. The molecule has 1 unspecified atom stereocenters. The first-order chi connectivity index (χ1) is 8.00. The van der Waals surface area contributed by atoms with Crippen molar-refractivity contribution in [3.8, 4) is 0 Å². The second kappa shape index (κ2) is 4.95. The SMILES string of the molecule is CC(C)C1CCCN1c1cc(Cl)c(Cl)cc1N. The van der Waals surface area contributed by atoms with Crippen molar-refractivity contribution in [2.45, 2.75) is 32.7 Å². The zero-order valence-corrected chi connectivity index (χ0v) is 11.7. The van der Waals surface area contributed by atoms with E-state index in [1.807, 2.05) is 6.07 Å². The van der Waals surface area contributed by atoms with Gasteiger partial charge in [0.25, 0.3) is 0 Å². The molecule has 4 heteroatoms. The second-order valence-electron chi connectivity index (χ2n) is 4.97. The number of nitrogens with two attached hydrogens (primary N) is 1. The highest BCUT2D eigenvalue weighted by Gasteiger charge is 2.28. The molecule has 0 spiro atoms. The van der Waals surface area contributed by atoms with Crippen LogP contribution in [0.4, 0.5) is 11.4 Å². The van der Waals surface area contributed by atoms with Crippen molar-refractivity contribution >= 4 is 34.6 Å². The topological polar surface area (TPSA) is 29.3 Å². The Morgan fingerprint density at radius 3 is 2.59 bits per heavy atom. The summed E-state index contributed by atoms with van der Waals surface area (Å²) >= 11 is 12.0. The Labute approximate surface area is 113 Å². The number of hydrogen-bond acceptors (Lipinski definition) is 2. The van der Waals surface area contributed by atoms with Crippen LogP contribution < -0.4 is 10.6 Å². The lowest BCUT2D eigenvalue weighted by molar-refractivity contribution is 0.492. The summed E-state index contributed by atoms with van der Waals surface area (Å²) in [7, 11) is 0. The third-order valence-corrected chi connectivity index (χ3v) is 4.17.